The number of benzene rings is 2. The van der Waals surface area contributed by atoms with E-state index in [1.165, 1.54) is 22.8 Å². The highest BCUT2D eigenvalue weighted by atomic mass is 35.5. The van der Waals surface area contributed by atoms with Gasteiger partial charge in [0, 0.05) is 25.6 Å². The van der Waals surface area contributed by atoms with Gasteiger partial charge < -0.3 is 13.7 Å². The third-order valence-corrected chi connectivity index (χ3v) is 5.71. The molecule has 12 heteroatoms. The van der Waals surface area contributed by atoms with Gasteiger partial charge in [-0.05, 0) is 31.0 Å². The Balaban J connectivity index is 1.40. The molecular formula is C23H22ClN5O6. The number of oxazole rings is 1. The van der Waals surface area contributed by atoms with E-state index < -0.39 is 10.7 Å². The molecule has 0 unspecified atom stereocenters. The van der Waals surface area contributed by atoms with Gasteiger partial charge in [0.1, 0.15) is 0 Å². The highest BCUT2D eigenvalue weighted by Crippen LogP contribution is 2.26. The molecule has 0 aliphatic carbocycles. The lowest BCUT2D eigenvalue weighted by atomic mass is 10.2. The topological polar surface area (TPSA) is 138 Å². The molecule has 1 amide bonds. The van der Waals surface area contributed by atoms with E-state index in [9.17, 15) is 19.7 Å². The maximum absolute atomic E-state index is 12.9. The number of hydrogen-bond donors (Lipinski definition) is 0. The second-order valence-corrected chi connectivity index (χ2v) is 8.24. The van der Waals surface area contributed by atoms with Gasteiger partial charge in [0.05, 0.1) is 33.6 Å². The zero-order valence-corrected chi connectivity index (χ0v) is 19.6. The second kappa shape index (κ2) is 10.5. The number of fused-ring (bicyclic) bond motifs is 1. The van der Waals surface area contributed by atoms with E-state index in [0.717, 1.165) is 6.42 Å². The number of carbonyl (C=O) groups excluding carboxylic acids is 1. The highest BCUT2D eigenvalue weighted by Gasteiger charge is 2.19. The summed E-state index contributed by atoms with van der Waals surface area (Å²) in [6.07, 6.45) is 1.29. The van der Waals surface area contributed by atoms with Crippen molar-refractivity contribution in [2.75, 3.05) is 6.54 Å². The summed E-state index contributed by atoms with van der Waals surface area (Å²) in [5.41, 5.74) is 1.03. The Morgan fingerprint density at radius 2 is 2.00 bits per heavy atom. The molecule has 0 N–H and O–H groups in total. The summed E-state index contributed by atoms with van der Waals surface area (Å²) in [5.74, 6) is -0.182. The average Bonchev–Trinajstić information content (AvgIpc) is 3.42. The van der Waals surface area contributed by atoms with Gasteiger partial charge >= 0.3 is 5.76 Å². The molecule has 2 heterocycles. The van der Waals surface area contributed by atoms with Crippen molar-refractivity contribution < 1.29 is 18.6 Å². The average molecular weight is 500 g/mol. The van der Waals surface area contributed by atoms with Crippen LogP contribution in [-0.2, 0) is 17.9 Å². The summed E-state index contributed by atoms with van der Waals surface area (Å²) in [7, 11) is 0. The van der Waals surface area contributed by atoms with Gasteiger partial charge in [0.15, 0.2) is 5.58 Å². The number of rotatable bonds is 10. The Kier molecular flexibility index (Phi) is 7.25. The van der Waals surface area contributed by atoms with E-state index in [0.29, 0.717) is 35.0 Å². The number of nitro benzene ring substituents is 1. The van der Waals surface area contributed by atoms with Crippen LogP contribution in [0.25, 0.3) is 22.6 Å². The van der Waals surface area contributed by atoms with E-state index in [2.05, 4.69) is 10.2 Å². The van der Waals surface area contributed by atoms with Crippen molar-refractivity contribution in [3.05, 3.63) is 74.0 Å². The number of nitrogens with zero attached hydrogens (tertiary/aromatic N) is 5. The lowest BCUT2D eigenvalue weighted by Crippen LogP contribution is -2.31. The minimum absolute atomic E-state index is 0.124. The Labute approximate surface area is 204 Å². The molecule has 4 rings (SSSR count). The summed E-state index contributed by atoms with van der Waals surface area (Å²) in [4.78, 5) is 37.1. The van der Waals surface area contributed by atoms with Gasteiger partial charge in [-0.1, -0.05) is 30.7 Å². The molecule has 0 spiro atoms. The quantitative estimate of drug-likeness (QED) is 0.231. The zero-order valence-electron chi connectivity index (χ0n) is 18.8. The van der Waals surface area contributed by atoms with Crippen molar-refractivity contribution in [1.82, 2.24) is 19.7 Å². The maximum Gasteiger partial charge on any atom is 0.419 e. The standard InChI is InChI=1S/C23H22ClN5O6/c1-2-11-27(14-20-25-26-22(35-20)16-6-3-4-7-17(16)24)21(30)8-5-12-28-18-10-9-15(29(32)33)13-19(18)34-23(28)31/h3-4,6-7,9-10,13H,2,5,8,11-12,14H2,1H3. The Bertz CT molecular complexity index is 1430. The number of nitro groups is 1. The maximum atomic E-state index is 12.9. The molecule has 0 radical (unpaired) electrons. The number of hydrogen-bond acceptors (Lipinski definition) is 8. The van der Waals surface area contributed by atoms with E-state index in [-0.39, 0.29) is 42.6 Å². The van der Waals surface area contributed by atoms with Gasteiger partial charge in [-0.3, -0.25) is 19.5 Å². The van der Waals surface area contributed by atoms with Crippen LogP contribution in [0.15, 0.2) is 56.1 Å². The molecule has 0 aliphatic rings. The third kappa shape index (κ3) is 5.40. The summed E-state index contributed by atoms with van der Waals surface area (Å²) in [6, 6.07) is 11.1. The van der Waals surface area contributed by atoms with Gasteiger partial charge in [-0.15, -0.1) is 10.2 Å². The minimum Gasteiger partial charge on any atom is -0.419 e. The lowest BCUT2D eigenvalue weighted by Gasteiger charge is -2.20. The minimum atomic E-state index is -0.628. The molecule has 182 valence electrons. The fourth-order valence-corrected chi connectivity index (χ4v) is 3.93. The first kappa shape index (κ1) is 24.1. The van der Waals surface area contributed by atoms with Crippen LogP contribution in [0.4, 0.5) is 5.69 Å². The fourth-order valence-electron chi connectivity index (χ4n) is 3.71. The van der Waals surface area contributed by atoms with Gasteiger partial charge in [-0.25, -0.2) is 4.79 Å². The summed E-state index contributed by atoms with van der Waals surface area (Å²) in [6.45, 7) is 2.84. The van der Waals surface area contributed by atoms with Crippen LogP contribution in [0.1, 0.15) is 32.1 Å². The van der Waals surface area contributed by atoms with Crippen LogP contribution in [0.5, 0.6) is 0 Å². The van der Waals surface area contributed by atoms with Crippen LogP contribution in [-0.4, -0.2) is 37.0 Å². The van der Waals surface area contributed by atoms with Crippen LogP contribution >= 0.6 is 11.6 Å². The fraction of sp³-hybridized carbons (Fsp3) is 0.304. The molecule has 0 saturated heterocycles. The predicted molar refractivity (Wildman–Crippen MR) is 127 cm³/mol. The van der Waals surface area contributed by atoms with Crippen LogP contribution < -0.4 is 5.76 Å². The van der Waals surface area contributed by atoms with Gasteiger partial charge in [-0.2, -0.15) is 0 Å². The van der Waals surface area contributed by atoms with E-state index in [1.54, 1.807) is 23.1 Å². The number of aromatic nitrogens is 3. The first-order chi connectivity index (χ1) is 16.9. The van der Waals surface area contributed by atoms with Crippen molar-refractivity contribution in [3.63, 3.8) is 0 Å². The Morgan fingerprint density at radius 3 is 2.74 bits per heavy atom. The molecule has 11 nitrogen and oxygen atoms in total. The van der Waals surface area contributed by atoms with Gasteiger partial charge in [0.2, 0.25) is 17.7 Å². The van der Waals surface area contributed by atoms with Crippen molar-refractivity contribution in [2.24, 2.45) is 0 Å². The van der Waals surface area contributed by atoms with Crippen LogP contribution in [0.2, 0.25) is 5.02 Å². The summed E-state index contributed by atoms with van der Waals surface area (Å²) in [5, 5.41) is 19.5. The number of carbonyl (C=O) groups is 1. The number of halogens is 1. The van der Waals surface area contributed by atoms with Gasteiger partial charge in [0.25, 0.3) is 5.69 Å². The summed E-state index contributed by atoms with van der Waals surface area (Å²) < 4.78 is 12.2. The highest BCUT2D eigenvalue weighted by molar-refractivity contribution is 6.33. The number of aryl methyl sites for hydroxylation is 1. The number of non-ortho nitro benzene ring substituents is 1. The second-order valence-electron chi connectivity index (χ2n) is 7.83. The van der Waals surface area contributed by atoms with Crippen LogP contribution in [0, 0.1) is 10.1 Å². The molecule has 0 saturated carbocycles. The van der Waals surface area contributed by atoms with Crippen LogP contribution in [0.3, 0.4) is 0 Å². The molecule has 0 atom stereocenters. The van der Waals surface area contributed by atoms with Crippen molar-refractivity contribution in [1.29, 1.82) is 0 Å². The van der Waals surface area contributed by atoms with E-state index in [4.69, 9.17) is 20.4 Å². The van der Waals surface area contributed by atoms with Crippen molar-refractivity contribution >= 4 is 34.3 Å². The molecule has 2 aromatic heterocycles. The monoisotopic (exact) mass is 499 g/mol. The van der Waals surface area contributed by atoms with E-state index in [1.807, 2.05) is 13.0 Å². The molecule has 35 heavy (non-hydrogen) atoms. The van der Waals surface area contributed by atoms with Crippen molar-refractivity contribution in [2.45, 2.75) is 39.3 Å². The Hall–Kier alpha value is -3.99. The number of amides is 1. The largest absolute Gasteiger partial charge is 0.419 e. The normalized spacial score (nSPS) is 11.1. The van der Waals surface area contributed by atoms with E-state index >= 15 is 0 Å². The molecule has 0 fully saturated rings. The molecule has 2 aromatic carbocycles. The predicted octanol–water partition coefficient (Wildman–Crippen LogP) is 4.43. The first-order valence-electron chi connectivity index (χ1n) is 11.0. The molecular weight excluding hydrogens is 478 g/mol. The SMILES string of the molecule is CCCN(Cc1nnc(-c2ccccc2Cl)o1)C(=O)CCCn1c(=O)oc2cc([N+](=O)[O-])ccc21. The van der Waals surface area contributed by atoms with Crippen molar-refractivity contribution in [3.8, 4) is 11.5 Å². The Morgan fingerprint density at radius 1 is 1.20 bits per heavy atom. The zero-order chi connectivity index (χ0) is 24.9. The smallest absolute Gasteiger partial charge is 0.419 e. The summed E-state index contributed by atoms with van der Waals surface area (Å²) >= 11 is 6.19. The lowest BCUT2D eigenvalue weighted by molar-refractivity contribution is -0.384. The molecule has 0 bridgehead atoms. The first-order valence-corrected chi connectivity index (χ1v) is 11.4. The molecule has 4 aromatic rings. The molecule has 0 aliphatic heterocycles. The third-order valence-electron chi connectivity index (χ3n) is 5.38.